The molecule has 19 heavy (non-hydrogen) atoms. The van der Waals surface area contributed by atoms with Crippen LogP contribution in [0, 0.1) is 11.8 Å². The first-order valence-electron chi connectivity index (χ1n) is 7.10. The summed E-state index contributed by atoms with van der Waals surface area (Å²) in [4.78, 5) is 0. The van der Waals surface area contributed by atoms with Crippen molar-refractivity contribution in [2.75, 3.05) is 13.1 Å². The molecule has 1 aliphatic carbocycles. The smallest absolute Gasteiger partial charge is 0.00171 e. The highest BCUT2D eigenvalue weighted by Crippen LogP contribution is 2.45. The van der Waals surface area contributed by atoms with Gasteiger partial charge in [-0.15, -0.1) is 12.4 Å². The Labute approximate surface area is 120 Å². The minimum Gasteiger partial charge on any atom is -0.316 e. The van der Waals surface area contributed by atoms with Gasteiger partial charge in [0.25, 0.3) is 0 Å². The minimum atomic E-state index is 0. The molecule has 2 aromatic carbocycles. The molecule has 1 saturated heterocycles. The van der Waals surface area contributed by atoms with Crippen molar-refractivity contribution in [2.24, 2.45) is 11.8 Å². The van der Waals surface area contributed by atoms with E-state index in [0.717, 1.165) is 17.8 Å². The molecule has 2 aliphatic rings. The fraction of sp³-hybridized carbons (Fsp3) is 0.412. The van der Waals surface area contributed by atoms with Gasteiger partial charge < -0.3 is 5.32 Å². The lowest BCUT2D eigenvalue weighted by molar-refractivity contribution is 0.494. The number of nitrogens with one attached hydrogen (secondary N) is 1. The van der Waals surface area contributed by atoms with E-state index in [1.165, 1.54) is 36.7 Å². The lowest BCUT2D eigenvalue weighted by Gasteiger charge is -2.14. The first-order chi connectivity index (χ1) is 8.92. The second kappa shape index (κ2) is 5.15. The highest BCUT2D eigenvalue weighted by Gasteiger charge is 2.38. The van der Waals surface area contributed by atoms with Gasteiger partial charge >= 0.3 is 0 Å². The molecule has 2 aromatic rings. The molecular formula is C17H20ClN. The van der Waals surface area contributed by atoms with E-state index in [9.17, 15) is 0 Å². The van der Waals surface area contributed by atoms with Gasteiger partial charge in [-0.3, -0.25) is 0 Å². The molecule has 1 aliphatic heterocycles. The predicted molar refractivity (Wildman–Crippen MR) is 83.0 cm³/mol. The van der Waals surface area contributed by atoms with E-state index in [1.54, 1.807) is 5.56 Å². The van der Waals surface area contributed by atoms with E-state index in [1.807, 2.05) is 0 Å². The Bertz CT molecular complexity index is 563. The molecule has 0 spiro atoms. The zero-order valence-electron chi connectivity index (χ0n) is 11.0. The number of benzene rings is 2. The van der Waals surface area contributed by atoms with Crippen molar-refractivity contribution in [1.29, 1.82) is 0 Å². The Morgan fingerprint density at radius 1 is 0.842 bits per heavy atom. The van der Waals surface area contributed by atoms with Crippen molar-refractivity contribution in [1.82, 2.24) is 5.32 Å². The van der Waals surface area contributed by atoms with Crippen LogP contribution in [0.2, 0.25) is 0 Å². The first-order valence-corrected chi connectivity index (χ1v) is 7.10. The van der Waals surface area contributed by atoms with Crippen molar-refractivity contribution in [2.45, 2.75) is 18.8 Å². The number of hydrogen-bond acceptors (Lipinski definition) is 1. The number of hydrogen-bond donors (Lipinski definition) is 1. The highest BCUT2D eigenvalue weighted by molar-refractivity contribution is 5.86. The normalized spacial score (nSPS) is 29.2. The van der Waals surface area contributed by atoms with Gasteiger partial charge in [0.2, 0.25) is 0 Å². The Morgan fingerprint density at radius 2 is 1.53 bits per heavy atom. The summed E-state index contributed by atoms with van der Waals surface area (Å²) in [7, 11) is 0. The van der Waals surface area contributed by atoms with Gasteiger partial charge in [0.1, 0.15) is 0 Å². The van der Waals surface area contributed by atoms with Crippen LogP contribution in [0.5, 0.6) is 0 Å². The lowest BCUT2D eigenvalue weighted by Crippen LogP contribution is -2.11. The van der Waals surface area contributed by atoms with Gasteiger partial charge in [-0.05, 0) is 60.0 Å². The van der Waals surface area contributed by atoms with Crippen LogP contribution in [-0.2, 0) is 0 Å². The third-order valence-electron chi connectivity index (χ3n) is 4.92. The van der Waals surface area contributed by atoms with E-state index in [-0.39, 0.29) is 12.4 Å². The van der Waals surface area contributed by atoms with Crippen LogP contribution in [0.3, 0.4) is 0 Å². The summed E-state index contributed by atoms with van der Waals surface area (Å²) in [6.45, 7) is 2.48. The second-order valence-corrected chi connectivity index (χ2v) is 5.92. The number of rotatable bonds is 1. The van der Waals surface area contributed by atoms with Crippen LogP contribution in [-0.4, -0.2) is 13.1 Å². The largest absolute Gasteiger partial charge is 0.316 e. The molecule has 2 heteroatoms. The molecule has 100 valence electrons. The Morgan fingerprint density at radius 3 is 2.32 bits per heavy atom. The zero-order valence-corrected chi connectivity index (χ0v) is 11.8. The van der Waals surface area contributed by atoms with Gasteiger partial charge in [0.05, 0.1) is 0 Å². The quantitative estimate of drug-likeness (QED) is 0.829. The number of fused-ring (bicyclic) bond motifs is 2. The second-order valence-electron chi connectivity index (χ2n) is 5.92. The maximum Gasteiger partial charge on any atom is -0.00171 e. The van der Waals surface area contributed by atoms with E-state index < -0.39 is 0 Å². The molecule has 4 rings (SSSR count). The lowest BCUT2D eigenvalue weighted by atomic mass is 9.91. The van der Waals surface area contributed by atoms with Crippen molar-refractivity contribution in [3.63, 3.8) is 0 Å². The molecule has 0 bridgehead atoms. The third kappa shape index (κ3) is 2.15. The molecule has 2 fully saturated rings. The summed E-state index contributed by atoms with van der Waals surface area (Å²) >= 11 is 0. The summed E-state index contributed by atoms with van der Waals surface area (Å²) in [6, 6.07) is 15.6. The summed E-state index contributed by atoms with van der Waals surface area (Å²) in [6.07, 6.45) is 2.76. The van der Waals surface area contributed by atoms with E-state index in [0.29, 0.717) is 0 Å². The van der Waals surface area contributed by atoms with Crippen molar-refractivity contribution in [3.05, 3.63) is 48.0 Å². The molecule has 1 N–H and O–H groups in total. The van der Waals surface area contributed by atoms with Crippen LogP contribution in [0.4, 0.5) is 0 Å². The molecule has 1 heterocycles. The Hall–Kier alpha value is -1.05. The maximum absolute atomic E-state index is 3.53. The molecule has 0 radical (unpaired) electrons. The van der Waals surface area contributed by atoms with E-state index >= 15 is 0 Å². The maximum atomic E-state index is 3.53. The van der Waals surface area contributed by atoms with Crippen molar-refractivity contribution < 1.29 is 0 Å². The topological polar surface area (TPSA) is 12.0 Å². The standard InChI is InChI=1S/C17H19N.ClH/c1-2-6-16-12(4-1)5-3-7-17(16)13-8-14-10-18-11-15(14)9-13;/h1-7,13-15,18H,8-11H2;1H. The molecule has 1 saturated carbocycles. The monoisotopic (exact) mass is 273 g/mol. The van der Waals surface area contributed by atoms with Gasteiger partial charge in [-0.2, -0.15) is 0 Å². The van der Waals surface area contributed by atoms with Crippen LogP contribution in [0.1, 0.15) is 24.3 Å². The van der Waals surface area contributed by atoms with Gasteiger partial charge in [0.15, 0.2) is 0 Å². The fourth-order valence-electron chi connectivity index (χ4n) is 4.03. The highest BCUT2D eigenvalue weighted by atomic mass is 35.5. The SMILES string of the molecule is Cl.c1ccc2c(C3CC4CNCC4C3)cccc2c1. The average Bonchev–Trinajstić information content (AvgIpc) is 2.99. The van der Waals surface area contributed by atoms with Gasteiger partial charge in [0, 0.05) is 0 Å². The van der Waals surface area contributed by atoms with Crippen LogP contribution in [0.25, 0.3) is 10.8 Å². The molecule has 2 unspecified atom stereocenters. The Kier molecular flexibility index (Phi) is 3.51. The minimum absolute atomic E-state index is 0. The molecule has 1 nitrogen and oxygen atoms in total. The third-order valence-corrected chi connectivity index (χ3v) is 4.92. The summed E-state index contributed by atoms with van der Waals surface area (Å²) in [5, 5.41) is 6.40. The Balaban J connectivity index is 0.00000110. The van der Waals surface area contributed by atoms with Crippen molar-refractivity contribution >= 4 is 23.2 Å². The van der Waals surface area contributed by atoms with Crippen LogP contribution in [0.15, 0.2) is 42.5 Å². The van der Waals surface area contributed by atoms with E-state index in [2.05, 4.69) is 47.8 Å². The average molecular weight is 274 g/mol. The molecular weight excluding hydrogens is 254 g/mol. The van der Waals surface area contributed by atoms with E-state index in [4.69, 9.17) is 0 Å². The summed E-state index contributed by atoms with van der Waals surface area (Å²) in [5.41, 5.74) is 1.59. The molecule has 0 amide bonds. The summed E-state index contributed by atoms with van der Waals surface area (Å²) in [5.74, 6) is 2.64. The zero-order chi connectivity index (χ0) is 11.9. The predicted octanol–water partition coefficient (Wildman–Crippen LogP) is 3.97. The first kappa shape index (κ1) is 13.0. The van der Waals surface area contributed by atoms with Crippen LogP contribution < -0.4 is 5.32 Å². The van der Waals surface area contributed by atoms with Crippen LogP contribution >= 0.6 is 12.4 Å². The molecule has 2 atom stereocenters. The number of halogens is 1. The fourth-order valence-corrected chi connectivity index (χ4v) is 4.03. The summed E-state index contributed by atoms with van der Waals surface area (Å²) < 4.78 is 0. The van der Waals surface area contributed by atoms with Gasteiger partial charge in [-0.25, -0.2) is 0 Å². The van der Waals surface area contributed by atoms with Crippen molar-refractivity contribution in [3.8, 4) is 0 Å². The van der Waals surface area contributed by atoms with Gasteiger partial charge in [-0.1, -0.05) is 42.5 Å². The molecule has 0 aromatic heterocycles.